The third kappa shape index (κ3) is 15.0. The molecule has 0 amide bonds. The summed E-state index contributed by atoms with van der Waals surface area (Å²) in [5.41, 5.74) is 2.91. The number of rotatable bonds is 8. The first-order valence-corrected chi connectivity index (χ1v) is 11.0. The van der Waals surface area contributed by atoms with Gasteiger partial charge in [0.1, 0.15) is 12.7 Å². The largest absolute Gasteiger partial charge is 0.459 e. The topological polar surface area (TPSA) is 110 Å². The molecule has 36 heavy (non-hydrogen) atoms. The van der Waals surface area contributed by atoms with Crippen molar-refractivity contribution >= 4 is 30.1 Å². The summed E-state index contributed by atoms with van der Waals surface area (Å²) in [6, 6.07) is 19.4. The highest BCUT2D eigenvalue weighted by atomic mass is 16.6. The van der Waals surface area contributed by atoms with Crippen LogP contribution in [0.4, 0.5) is 0 Å². The molecule has 0 heterocycles. The summed E-state index contributed by atoms with van der Waals surface area (Å²) in [6.07, 6.45) is 2.51. The Morgan fingerprint density at radius 2 is 1.28 bits per heavy atom. The SMILES string of the molecule is C=C(C)C(=O)OC(=O)C(=C)C.C=Cc1ccccc1.CC(=Cc1ccccc1)C(=O)OCC(O)CO. The summed E-state index contributed by atoms with van der Waals surface area (Å²) in [5.74, 6) is -1.92. The van der Waals surface area contributed by atoms with Crippen LogP contribution in [0.15, 0.2) is 97.1 Å². The van der Waals surface area contributed by atoms with E-state index in [0.717, 1.165) is 5.56 Å². The van der Waals surface area contributed by atoms with Crippen molar-refractivity contribution in [3.63, 3.8) is 0 Å². The van der Waals surface area contributed by atoms with E-state index in [4.69, 9.17) is 14.9 Å². The molecule has 2 aromatic rings. The third-order valence-corrected chi connectivity index (χ3v) is 4.04. The smallest absolute Gasteiger partial charge is 0.340 e. The molecule has 0 bridgehead atoms. The minimum atomic E-state index is -1.02. The van der Waals surface area contributed by atoms with E-state index in [0.29, 0.717) is 5.57 Å². The van der Waals surface area contributed by atoms with E-state index in [1.54, 1.807) is 13.0 Å². The second kappa shape index (κ2) is 18.3. The van der Waals surface area contributed by atoms with E-state index < -0.39 is 30.6 Å². The van der Waals surface area contributed by atoms with Gasteiger partial charge in [0.15, 0.2) is 0 Å². The van der Waals surface area contributed by atoms with Crippen molar-refractivity contribution in [2.45, 2.75) is 26.9 Å². The maximum Gasteiger partial charge on any atom is 0.340 e. The minimum absolute atomic E-state index is 0.194. The summed E-state index contributed by atoms with van der Waals surface area (Å²) in [7, 11) is 0. The van der Waals surface area contributed by atoms with Crippen molar-refractivity contribution in [3.05, 3.63) is 108 Å². The fraction of sp³-hybridized carbons (Fsp3) is 0.207. The molecular weight excluding hydrogens is 460 g/mol. The molecule has 7 heteroatoms. The lowest BCUT2D eigenvalue weighted by Crippen LogP contribution is -2.22. The van der Waals surface area contributed by atoms with E-state index in [2.05, 4.69) is 24.5 Å². The zero-order valence-electron chi connectivity index (χ0n) is 21.0. The van der Waals surface area contributed by atoms with Gasteiger partial charge in [-0.15, -0.1) is 0 Å². The van der Waals surface area contributed by atoms with E-state index in [1.165, 1.54) is 19.4 Å². The van der Waals surface area contributed by atoms with Gasteiger partial charge in [-0.1, -0.05) is 86.5 Å². The molecule has 2 aromatic carbocycles. The maximum absolute atomic E-state index is 11.5. The molecule has 0 spiro atoms. The van der Waals surface area contributed by atoms with Gasteiger partial charge in [0.25, 0.3) is 0 Å². The monoisotopic (exact) mass is 494 g/mol. The van der Waals surface area contributed by atoms with Gasteiger partial charge in [-0.3, -0.25) is 0 Å². The molecule has 2 N–H and O–H groups in total. The van der Waals surface area contributed by atoms with E-state index in [1.807, 2.05) is 66.7 Å². The summed E-state index contributed by atoms with van der Waals surface area (Å²) < 4.78 is 9.11. The number of carbonyl (C=O) groups is 3. The Bertz CT molecular complexity index is 1010. The standard InChI is InChI=1S/C13H16O4.C8H10O3.C8H8/c1-10(7-11-5-3-2-4-6-11)13(16)17-9-12(15)8-14;1-5(2)7(9)11-8(10)6(3)4;1-2-8-6-4-3-5-7-8/h2-7,12,14-15H,8-9H2,1H3;1,3H2,2,4H3;2-7H,1H2. The van der Waals surface area contributed by atoms with E-state index in [9.17, 15) is 14.4 Å². The zero-order valence-corrected chi connectivity index (χ0v) is 21.0. The van der Waals surface area contributed by atoms with E-state index >= 15 is 0 Å². The molecule has 0 saturated carbocycles. The predicted molar refractivity (Wildman–Crippen MR) is 141 cm³/mol. The summed E-state index contributed by atoms with van der Waals surface area (Å²) in [4.78, 5) is 32.8. The lowest BCUT2D eigenvalue weighted by atomic mass is 10.1. The molecule has 0 aliphatic rings. The first kappa shape index (κ1) is 31.9. The highest BCUT2D eigenvalue weighted by molar-refractivity contribution is 6.00. The first-order valence-electron chi connectivity index (χ1n) is 11.0. The number of esters is 3. The average Bonchev–Trinajstić information content (AvgIpc) is 2.88. The van der Waals surface area contributed by atoms with Crippen LogP contribution in [0.1, 0.15) is 31.9 Å². The van der Waals surface area contributed by atoms with Crippen LogP contribution < -0.4 is 0 Å². The van der Waals surface area contributed by atoms with Gasteiger partial charge in [0.2, 0.25) is 0 Å². The molecule has 1 unspecified atom stereocenters. The van der Waals surface area contributed by atoms with Crippen molar-refractivity contribution in [2.75, 3.05) is 13.2 Å². The number of ether oxygens (including phenoxy) is 2. The second-order valence-electron chi connectivity index (χ2n) is 7.53. The molecule has 2 rings (SSSR count). The summed E-state index contributed by atoms with van der Waals surface area (Å²) >= 11 is 0. The maximum atomic E-state index is 11.5. The molecular formula is C29H34O7. The molecule has 192 valence electrons. The predicted octanol–water partition coefficient (Wildman–Crippen LogP) is 4.52. The van der Waals surface area contributed by atoms with Crippen LogP contribution in [0.25, 0.3) is 12.2 Å². The number of benzene rings is 2. The van der Waals surface area contributed by atoms with Crippen LogP contribution in [-0.4, -0.2) is 47.4 Å². The quantitative estimate of drug-likeness (QED) is 0.315. The van der Waals surface area contributed by atoms with Crippen LogP contribution >= 0.6 is 0 Å². The molecule has 0 aliphatic heterocycles. The Balaban J connectivity index is 0.000000553. The number of hydrogen-bond donors (Lipinski definition) is 2. The Labute approximate surface area is 212 Å². The van der Waals surface area contributed by atoms with Crippen molar-refractivity contribution in [2.24, 2.45) is 0 Å². The molecule has 0 aromatic heterocycles. The highest BCUT2D eigenvalue weighted by Crippen LogP contribution is 2.07. The van der Waals surface area contributed by atoms with Gasteiger partial charge < -0.3 is 19.7 Å². The molecule has 7 nitrogen and oxygen atoms in total. The average molecular weight is 495 g/mol. The number of aliphatic hydroxyl groups excluding tert-OH is 2. The van der Waals surface area contributed by atoms with Crippen LogP contribution in [0.2, 0.25) is 0 Å². The van der Waals surface area contributed by atoms with E-state index in [-0.39, 0.29) is 17.8 Å². The van der Waals surface area contributed by atoms with Crippen molar-refractivity contribution in [1.82, 2.24) is 0 Å². The fourth-order valence-corrected chi connectivity index (χ4v) is 2.04. The van der Waals surface area contributed by atoms with Crippen LogP contribution in [0.5, 0.6) is 0 Å². The molecule has 0 saturated heterocycles. The Kier molecular flexibility index (Phi) is 16.2. The molecule has 0 aliphatic carbocycles. The van der Waals surface area contributed by atoms with Gasteiger partial charge >= 0.3 is 17.9 Å². The van der Waals surface area contributed by atoms with Crippen molar-refractivity contribution in [1.29, 1.82) is 0 Å². The van der Waals surface area contributed by atoms with Gasteiger partial charge in [-0.05, 0) is 38.0 Å². The number of aliphatic hydroxyl groups is 2. The fourth-order valence-electron chi connectivity index (χ4n) is 2.04. The highest BCUT2D eigenvalue weighted by Gasteiger charge is 2.11. The number of hydrogen-bond acceptors (Lipinski definition) is 7. The Morgan fingerprint density at radius 3 is 1.64 bits per heavy atom. The lowest BCUT2D eigenvalue weighted by Gasteiger charge is -2.08. The molecule has 0 fully saturated rings. The minimum Gasteiger partial charge on any atom is -0.459 e. The third-order valence-electron chi connectivity index (χ3n) is 4.04. The molecule has 0 radical (unpaired) electrons. The van der Waals surface area contributed by atoms with Crippen LogP contribution in [0.3, 0.4) is 0 Å². The zero-order chi connectivity index (χ0) is 27.5. The van der Waals surface area contributed by atoms with Crippen LogP contribution in [0, 0.1) is 0 Å². The Morgan fingerprint density at radius 1 is 0.833 bits per heavy atom. The van der Waals surface area contributed by atoms with Gasteiger partial charge in [0.05, 0.1) is 6.61 Å². The summed E-state index contributed by atoms with van der Waals surface area (Å²) in [6.45, 7) is 14.2. The summed E-state index contributed by atoms with van der Waals surface area (Å²) in [5, 5.41) is 17.6. The van der Waals surface area contributed by atoms with Crippen molar-refractivity contribution in [3.8, 4) is 0 Å². The lowest BCUT2D eigenvalue weighted by molar-refractivity contribution is -0.154. The van der Waals surface area contributed by atoms with Gasteiger partial charge in [-0.25, -0.2) is 14.4 Å². The van der Waals surface area contributed by atoms with Crippen molar-refractivity contribution < 1.29 is 34.1 Å². The normalized spacial score (nSPS) is 10.8. The molecule has 1 atom stereocenters. The first-order chi connectivity index (χ1) is 17.0. The Hall–Kier alpha value is -4.07. The van der Waals surface area contributed by atoms with Crippen LogP contribution in [-0.2, 0) is 23.9 Å². The second-order valence-corrected chi connectivity index (χ2v) is 7.53. The van der Waals surface area contributed by atoms with Gasteiger partial charge in [-0.2, -0.15) is 0 Å². The van der Waals surface area contributed by atoms with Gasteiger partial charge in [0, 0.05) is 16.7 Å². The number of carbonyl (C=O) groups excluding carboxylic acids is 3.